The Morgan fingerprint density at radius 2 is 2.31 bits per heavy atom. The van der Waals surface area contributed by atoms with Crippen molar-refractivity contribution in [2.45, 2.75) is 12.5 Å². The first kappa shape index (κ1) is 10.6. The van der Waals surface area contributed by atoms with Gasteiger partial charge >= 0.3 is 0 Å². The minimum atomic E-state index is -0.617. The fourth-order valence-electron chi connectivity index (χ4n) is 1.75. The van der Waals surface area contributed by atoms with Crippen LogP contribution in [-0.2, 0) is 4.79 Å². The topological polar surface area (TPSA) is 70.1 Å². The van der Waals surface area contributed by atoms with Gasteiger partial charge in [0.1, 0.15) is 11.9 Å². The van der Waals surface area contributed by atoms with Gasteiger partial charge < -0.3 is 10.6 Å². The van der Waals surface area contributed by atoms with E-state index in [1.54, 1.807) is 12.1 Å². The van der Waals surface area contributed by atoms with Gasteiger partial charge in [-0.15, -0.1) is 0 Å². The summed E-state index contributed by atoms with van der Waals surface area (Å²) in [4.78, 5) is 12.9. The van der Waals surface area contributed by atoms with E-state index in [4.69, 9.17) is 11.0 Å². The molecule has 1 atom stereocenters. The number of nitriles is 1. The molecule has 1 fully saturated rings. The number of carbonyl (C=O) groups excluding carboxylic acids is 1. The van der Waals surface area contributed by atoms with Gasteiger partial charge in [0.05, 0.1) is 5.56 Å². The highest BCUT2D eigenvalue weighted by molar-refractivity contribution is 5.96. The van der Waals surface area contributed by atoms with Crippen molar-refractivity contribution in [2.75, 3.05) is 11.4 Å². The molecule has 1 unspecified atom stereocenters. The maximum atomic E-state index is 13.3. The number of amides is 1. The average Bonchev–Trinajstić information content (AvgIpc) is 2.58. The lowest BCUT2D eigenvalue weighted by Gasteiger charge is -2.16. The van der Waals surface area contributed by atoms with Crippen molar-refractivity contribution in [3.05, 3.63) is 29.6 Å². The van der Waals surface area contributed by atoms with Crippen molar-refractivity contribution in [1.29, 1.82) is 5.26 Å². The van der Waals surface area contributed by atoms with Crippen LogP contribution in [0.25, 0.3) is 0 Å². The Morgan fingerprint density at radius 3 is 2.81 bits per heavy atom. The van der Waals surface area contributed by atoms with E-state index < -0.39 is 5.82 Å². The lowest BCUT2D eigenvalue weighted by atomic mass is 10.2. The molecule has 0 aliphatic carbocycles. The number of benzene rings is 1. The zero-order valence-corrected chi connectivity index (χ0v) is 8.48. The molecule has 82 valence electrons. The van der Waals surface area contributed by atoms with Crippen molar-refractivity contribution < 1.29 is 9.18 Å². The third-order valence-electron chi connectivity index (χ3n) is 2.54. The van der Waals surface area contributed by atoms with Crippen LogP contribution >= 0.6 is 0 Å². The molecule has 1 heterocycles. The Kier molecular flexibility index (Phi) is 2.59. The Labute approximate surface area is 92.1 Å². The van der Waals surface area contributed by atoms with Gasteiger partial charge in [-0.3, -0.25) is 4.79 Å². The second kappa shape index (κ2) is 3.91. The van der Waals surface area contributed by atoms with Crippen LogP contribution in [0.3, 0.4) is 0 Å². The van der Waals surface area contributed by atoms with Gasteiger partial charge in [-0.25, -0.2) is 4.39 Å². The van der Waals surface area contributed by atoms with Gasteiger partial charge in [0.2, 0.25) is 5.91 Å². The van der Waals surface area contributed by atoms with Crippen molar-refractivity contribution >= 4 is 11.6 Å². The summed E-state index contributed by atoms with van der Waals surface area (Å²) in [5, 5.41) is 8.58. The van der Waals surface area contributed by atoms with Crippen LogP contribution in [0.5, 0.6) is 0 Å². The van der Waals surface area contributed by atoms with Gasteiger partial charge in [0, 0.05) is 24.7 Å². The Balaban J connectivity index is 2.32. The zero-order valence-electron chi connectivity index (χ0n) is 8.48. The predicted octanol–water partition coefficient (Wildman–Crippen LogP) is 0.761. The van der Waals surface area contributed by atoms with E-state index in [9.17, 15) is 9.18 Å². The number of carbonyl (C=O) groups is 1. The van der Waals surface area contributed by atoms with Gasteiger partial charge in [0.25, 0.3) is 0 Å². The molecule has 0 saturated carbocycles. The summed E-state index contributed by atoms with van der Waals surface area (Å²) in [6.07, 6.45) is 0.279. The van der Waals surface area contributed by atoms with E-state index in [0.717, 1.165) is 0 Å². The van der Waals surface area contributed by atoms with E-state index in [-0.39, 0.29) is 23.9 Å². The van der Waals surface area contributed by atoms with Crippen molar-refractivity contribution in [3.63, 3.8) is 0 Å². The predicted molar refractivity (Wildman–Crippen MR) is 56.1 cm³/mol. The monoisotopic (exact) mass is 219 g/mol. The lowest BCUT2D eigenvalue weighted by molar-refractivity contribution is -0.117. The number of nitrogens with zero attached hydrogens (tertiary/aromatic N) is 2. The fraction of sp³-hybridized carbons (Fsp3) is 0.273. The minimum absolute atomic E-state index is 0.0281. The van der Waals surface area contributed by atoms with Crippen LogP contribution in [0.1, 0.15) is 12.0 Å². The molecule has 1 aromatic rings. The summed E-state index contributed by atoms with van der Waals surface area (Å²) < 4.78 is 13.3. The number of rotatable bonds is 1. The number of hydrogen-bond acceptors (Lipinski definition) is 3. The standard InChI is InChI=1S/C11H10FN3O/c12-10-4-9(2-1-7(10)5-13)15-6-8(14)3-11(15)16/h1-2,4,8H,3,6,14H2. The smallest absolute Gasteiger partial charge is 0.228 e. The highest BCUT2D eigenvalue weighted by Crippen LogP contribution is 2.22. The van der Waals surface area contributed by atoms with Crippen LogP contribution in [-0.4, -0.2) is 18.5 Å². The third kappa shape index (κ3) is 1.75. The van der Waals surface area contributed by atoms with Crippen molar-refractivity contribution in [2.24, 2.45) is 5.73 Å². The lowest BCUT2D eigenvalue weighted by Crippen LogP contribution is -2.28. The summed E-state index contributed by atoms with van der Waals surface area (Å²) in [7, 11) is 0. The molecule has 1 aliphatic rings. The molecule has 5 heteroatoms. The Bertz CT molecular complexity index is 481. The normalized spacial score (nSPS) is 19.9. The molecule has 1 amide bonds. The molecular weight excluding hydrogens is 209 g/mol. The van der Waals surface area contributed by atoms with E-state index >= 15 is 0 Å². The Hall–Kier alpha value is -1.93. The van der Waals surface area contributed by atoms with Crippen molar-refractivity contribution in [1.82, 2.24) is 0 Å². The van der Waals surface area contributed by atoms with E-state index in [2.05, 4.69) is 0 Å². The van der Waals surface area contributed by atoms with Gasteiger partial charge in [-0.2, -0.15) is 5.26 Å². The molecule has 0 bridgehead atoms. The van der Waals surface area contributed by atoms with E-state index in [1.807, 2.05) is 0 Å². The highest BCUT2D eigenvalue weighted by Gasteiger charge is 2.28. The summed E-state index contributed by atoms with van der Waals surface area (Å²) in [5.74, 6) is -0.732. The molecule has 1 saturated heterocycles. The molecule has 16 heavy (non-hydrogen) atoms. The highest BCUT2D eigenvalue weighted by atomic mass is 19.1. The first-order valence-corrected chi connectivity index (χ1v) is 4.87. The zero-order chi connectivity index (χ0) is 11.7. The summed E-state index contributed by atoms with van der Waals surface area (Å²) in [5.41, 5.74) is 6.06. The van der Waals surface area contributed by atoms with E-state index in [0.29, 0.717) is 12.2 Å². The molecule has 2 N–H and O–H groups in total. The fourth-order valence-corrected chi connectivity index (χ4v) is 1.75. The second-order valence-corrected chi connectivity index (χ2v) is 3.74. The summed E-state index contributed by atoms with van der Waals surface area (Å²) >= 11 is 0. The molecule has 2 rings (SSSR count). The molecule has 0 radical (unpaired) electrons. The van der Waals surface area contributed by atoms with Crippen LogP contribution in [0.2, 0.25) is 0 Å². The quantitative estimate of drug-likeness (QED) is 0.758. The van der Waals surface area contributed by atoms with Crippen LogP contribution in [0.15, 0.2) is 18.2 Å². The molecule has 1 aromatic carbocycles. The molecule has 0 spiro atoms. The first-order chi connectivity index (χ1) is 7.61. The Morgan fingerprint density at radius 1 is 1.56 bits per heavy atom. The second-order valence-electron chi connectivity index (χ2n) is 3.74. The number of anilines is 1. The van der Waals surface area contributed by atoms with Crippen LogP contribution in [0, 0.1) is 17.1 Å². The largest absolute Gasteiger partial charge is 0.326 e. The number of nitrogens with two attached hydrogens (primary N) is 1. The van der Waals surface area contributed by atoms with Crippen LogP contribution in [0.4, 0.5) is 10.1 Å². The molecule has 0 aromatic heterocycles. The first-order valence-electron chi connectivity index (χ1n) is 4.87. The summed E-state index contributed by atoms with van der Waals surface area (Å²) in [6, 6.07) is 5.63. The molecule has 1 aliphatic heterocycles. The van der Waals surface area contributed by atoms with Gasteiger partial charge in [0.15, 0.2) is 0 Å². The maximum Gasteiger partial charge on any atom is 0.228 e. The van der Waals surface area contributed by atoms with Gasteiger partial charge in [-0.05, 0) is 18.2 Å². The minimum Gasteiger partial charge on any atom is -0.326 e. The summed E-state index contributed by atoms with van der Waals surface area (Å²) in [6.45, 7) is 0.393. The molecular formula is C11H10FN3O. The number of hydrogen-bond donors (Lipinski definition) is 1. The van der Waals surface area contributed by atoms with E-state index in [1.165, 1.54) is 17.0 Å². The van der Waals surface area contributed by atoms with Crippen LogP contribution < -0.4 is 10.6 Å². The number of halogens is 1. The van der Waals surface area contributed by atoms with Gasteiger partial charge in [-0.1, -0.05) is 0 Å². The molecule has 4 nitrogen and oxygen atoms in total. The third-order valence-corrected chi connectivity index (χ3v) is 2.54. The van der Waals surface area contributed by atoms with Crippen molar-refractivity contribution in [3.8, 4) is 6.07 Å². The SMILES string of the molecule is N#Cc1ccc(N2CC(N)CC2=O)cc1F. The average molecular weight is 219 g/mol. The maximum absolute atomic E-state index is 13.3.